The van der Waals surface area contributed by atoms with E-state index in [2.05, 4.69) is 15.7 Å². The molecule has 42 heavy (non-hydrogen) atoms. The van der Waals surface area contributed by atoms with Crippen molar-refractivity contribution in [3.8, 4) is 0 Å². The number of nitrogens with zero attached hydrogens (tertiary/aromatic N) is 3. The Morgan fingerprint density at radius 2 is 1.62 bits per heavy atom. The van der Waals surface area contributed by atoms with E-state index in [1.165, 1.54) is 30.3 Å². The highest BCUT2D eigenvalue weighted by Crippen LogP contribution is 2.32. The van der Waals surface area contributed by atoms with Crippen LogP contribution in [0, 0.1) is 5.82 Å². The molecule has 0 radical (unpaired) electrons. The van der Waals surface area contributed by atoms with Crippen LogP contribution in [-0.2, 0) is 17.8 Å². The highest BCUT2D eigenvalue weighted by molar-refractivity contribution is 6.13. The topological polar surface area (TPSA) is 117 Å². The second-order valence-electron chi connectivity index (χ2n) is 9.84. The highest BCUT2D eigenvalue weighted by atomic mass is 19.4. The number of carbonyl (C=O) groups excluding carboxylic acids is 2. The number of amides is 2. The van der Waals surface area contributed by atoms with Crippen molar-refractivity contribution in [3.63, 3.8) is 0 Å². The standard InChI is InChI=1S/C29H25F4N5O4/c30-19-8-9-21(18(13-19)15-25(39)40)34-27(41)17-7-10-24(37-11-3-4-12-37)22(14-17)35-28(42)26-20-5-1-2-6-23(20)38(36-26)16-29(31,32)33/h1-2,5-10,13-14H,3-4,11-12,15-16H2,(H,34,41)(H,35,42)(H,39,40). The summed E-state index contributed by atoms with van der Waals surface area (Å²) in [4.78, 5) is 39.9. The first-order valence-corrected chi connectivity index (χ1v) is 13.0. The van der Waals surface area contributed by atoms with Gasteiger partial charge in [0.05, 0.1) is 23.3 Å². The molecule has 5 rings (SSSR count). The van der Waals surface area contributed by atoms with E-state index in [-0.39, 0.29) is 39.1 Å². The lowest BCUT2D eigenvalue weighted by molar-refractivity contribution is -0.142. The predicted molar refractivity (Wildman–Crippen MR) is 147 cm³/mol. The SMILES string of the molecule is O=C(O)Cc1cc(F)ccc1NC(=O)c1ccc(N2CCCC2)c(NC(=O)c2nn(CC(F)(F)F)c3ccccc23)c1. The van der Waals surface area contributed by atoms with E-state index in [0.29, 0.717) is 18.8 Å². The minimum Gasteiger partial charge on any atom is -0.481 e. The molecule has 13 heteroatoms. The van der Waals surface area contributed by atoms with E-state index < -0.39 is 42.7 Å². The minimum atomic E-state index is -4.55. The van der Waals surface area contributed by atoms with Crippen LogP contribution in [0.3, 0.4) is 0 Å². The van der Waals surface area contributed by atoms with Gasteiger partial charge in [0.25, 0.3) is 11.8 Å². The fourth-order valence-electron chi connectivity index (χ4n) is 4.97. The highest BCUT2D eigenvalue weighted by Gasteiger charge is 2.31. The maximum atomic E-state index is 13.7. The molecule has 1 aliphatic heterocycles. The lowest BCUT2D eigenvalue weighted by atomic mass is 10.1. The third-order valence-electron chi connectivity index (χ3n) is 6.81. The number of hydrogen-bond acceptors (Lipinski definition) is 5. The zero-order valence-corrected chi connectivity index (χ0v) is 22.0. The summed E-state index contributed by atoms with van der Waals surface area (Å²) in [7, 11) is 0. The van der Waals surface area contributed by atoms with Gasteiger partial charge in [-0.1, -0.05) is 18.2 Å². The van der Waals surface area contributed by atoms with Crippen molar-refractivity contribution in [2.24, 2.45) is 0 Å². The van der Waals surface area contributed by atoms with Gasteiger partial charge in [0, 0.05) is 29.7 Å². The van der Waals surface area contributed by atoms with Gasteiger partial charge in [-0.15, -0.1) is 0 Å². The Morgan fingerprint density at radius 3 is 2.33 bits per heavy atom. The van der Waals surface area contributed by atoms with E-state index in [1.54, 1.807) is 18.2 Å². The zero-order valence-electron chi connectivity index (χ0n) is 22.0. The van der Waals surface area contributed by atoms with Gasteiger partial charge in [0.2, 0.25) is 0 Å². The summed E-state index contributed by atoms with van der Waals surface area (Å²) >= 11 is 0. The van der Waals surface area contributed by atoms with Crippen LogP contribution in [0.5, 0.6) is 0 Å². The third-order valence-corrected chi connectivity index (χ3v) is 6.81. The number of halogens is 4. The molecule has 1 saturated heterocycles. The fourth-order valence-corrected chi connectivity index (χ4v) is 4.97. The molecule has 0 atom stereocenters. The molecule has 3 N–H and O–H groups in total. The van der Waals surface area contributed by atoms with Crippen molar-refractivity contribution in [2.45, 2.75) is 32.0 Å². The number of nitrogens with one attached hydrogen (secondary N) is 2. The van der Waals surface area contributed by atoms with E-state index >= 15 is 0 Å². The van der Waals surface area contributed by atoms with Crippen LogP contribution in [0.1, 0.15) is 39.3 Å². The number of carbonyl (C=O) groups is 3. The molecule has 0 spiro atoms. The summed E-state index contributed by atoms with van der Waals surface area (Å²) < 4.78 is 54.0. The Bertz CT molecular complexity index is 1680. The third kappa shape index (κ3) is 6.35. The number of carboxylic acid groups (broad SMARTS) is 1. The van der Waals surface area contributed by atoms with Crippen molar-refractivity contribution < 1.29 is 37.1 Å². The van der Waals surface area contributed by atoms with E-state index in [0.717, 1.165) is 29.7 Å². The normalized spacial score (nSPS) is 13.4. The van der Waals surface area contributed by atoms with Gasteiger partial charge in [-0.3, -0.25) is 19.1 Å². The maximum absolute atomic E-state index is 13.7. The number of alkyl halides is 3. The Hall–Kier alpha value is -4.94. The zero-order chi connectivity index (χ0) is 30.0. The lowest BCUT2D eigenvalue weighted by Gasteiger charge is -2.22. The number of carboxylic acids is 1. The van der Waals surface area contributed by atoms with Crippen LogP contribution >= 0.6 is 0 Å². The first-order valence-electron chi connectivity index (χ1n) is 13.0. The molecule has 2 heterocycles. The summed E-state index contributed by atoms with van der Waals surface area (Å²) in [6.45, 7) is 0.0279. The average Bonchev–Trinajstić information content (AvgIpc) is 3.58. The number of para-hydroxylation sites is 1. The van der Waals surface area contributed by atoms with Crippen molar-refractivity contribution >= 4 is 45.7 Å². The van der Waals surface area contributed by atoms with Crippen LogP contribution in [0.4, 0.5) is 34.6 Å². The Labute approximate surface area is 236 Å². The molecule has 4 aromatic rings. The van der Waals surface area contributed by atoms with Crippen molar-refractivity contribution in [3.05, 3.63) is 83.3 Å². The molecular formula is C29H25F4N5O4. The monoisotopic (exact) mass is 583 g/mol. The first kappa shape index (κ1) is 28.6. The van der Waals surface area contributed by atoms with Gasteiger partial charge in [-0.25, -0.2) is 4.39 Å². The number of hydrogen-bond donors (Lipinski definition) is 3. The van der Waals surface area contributed by atoms with Gasteiger partial charge in [-0.05, 0) is 60.9 Å². The van der Waals surface area contributed by atoms with Crippen LogP contribution in [0.25, 0.3) is 10.9 Å². The molecule has 2 amide bonds. The van der Waals surface area contributed by atoms with Crippen LogP contribution in [0.15, 0.2) is 60.7 Å². The lowest BCUT2D eigenvalue weighted by Crippen LogP contribution is -2.23. The Morgan fingerprint density at radius 1 is 0.905 bits per heavy atom. The quantitative estimate of drug-likeness (QED) is 0.237. The number of aliphatic carboxylic acids is 1. The van der Waals surface area contributed by atoms with Crippen LogP contribution in [0.2, 0.25) is 0 Å². The van der Waals surface area contributed by atoms with Crippen molar-refractivity contribution in [2.75, 3.05) is 28.6 Å². The number of benzene rings is 3. The van der Waals surface area contributed by atoms with Crippen molar-refractivity contribution in [1.82, 2.24) is 9.78 Å². The second-order valence-corrected chi connectivity index (χ2v) is 9.84. The van der Waals surface area contributed by atoms with E-state index in [1.807, 2.05) is 4.90 Å². The predicted octanol–water partition coefficient (Wildman–Crippen LogP) is 5.47. The fraction of sp³-hybridized carbons (Fsp3) is 0.241. The number of aromatic nitrogens is 2. The summed E-state index contributed by atoms with van der Waals surface area (Å²) in [6.07, 6.45) is -3.24. The number of rotatable bonds is 8. The molecule has 0 aliphatic carbocycles. The molecule has 0 saturated carbocycles. The minimum absolute atomic E-state index is 0.0689. The molecule has 0 bridgehead atoms. The second kappa shape index (κ2) is 11.5. The van der Waals surface area contributed by atoms with E-state index in [4.69, 9.17) is 5.11 Å². The molecular weight excluding hydrogens is 558 g/mol. The van der Waals surface area contributed by atoms with E-state index in [9.17, 15) is 31.9 Å². The molecule has 1 aliphatic rings. The van der Waals surface area contributed by atoms with Gasteiger partial charge < -0.3 is 20.6 Å². The molecule has 9 nitrogen and oxygen atoms in total. The summed E-state index contributed by atoms with van der Waals surface area (Å²) in [6, 6.07) is 14.1. The summed E-state index contributed by atoms with van der Waals surface area (Å²) in [5.74, 6) is -3.26. The molecule has 1 fully saturated rings. The molecule has 218 valence electrons. The Kier molecular flexibility index (Phi) is 7.83. The smallest absolute Gasteiger partial charge is 0.408 e. The Balaban J connectivity index is 1.47. The first-order chi connectivity index (χ1) is 20.0. The van der Waals surface area contributed by atoms with Gasteiger partial charge in [0.15, 0.2) is 5.69 Å². The summed E-state index contributed by atoms with van der Waals surface area (Å²) in [5, 5.41) is 18.7. The average molecular weight is 584 g/mol. The van der Waals surface area contributed by atoms with Gasteiger partial charge in [-0.2, -0.15) is 18.3 Å². The molecule has 1 aromatic heterocycles. The number of fused-ring (bicyclic) bond motifs is 1. The molecule has 3 aromatic carbocycles. The summed E-state index contributed by atoms with van der Waals surface area (Å²) in [5.41, 5.74) is 1.08. The molecule has 0 unspecified atom stereocenters. The van der Waals surface area contributed by atoms with Gasteiger partial charge >= 0.3 is 12.1 Å². The van der Waals surface area contributed by atoms with Crippen LogP contribution in [-0.4, -0.2) is 51.9 Å². The van der Waals surface area contributed by atoms with Crippen molar-refractivity contribution in [1.29, 1.82) is 0 Å². The maximum Gasteiger partial charge on any atom is 0.408 e. The van der Waals surface area contributed by atoms with Gasteiger partial charge in [0.1, 0.15) is 12.4 Å². The van der Waals surface area contributed by atoms with Crippen LogP contribution < -0.4 is 15.5 Å². The number of anilines is 3. The largest absolute Gasteiger partial charge is 0.481 e.